The summed E-state index contributed by atoms with van der Waals surface area (Å²) in [5, 5.41) is 15.3. The van der Waals surface area contributed by atoms with E-state index in [-0.39, 0.29) is 0 Å². The lowest BCUT2D eigenvalue weighted by Crippen LogP contribution is -2.50. The van der Waals surface area contributed by atoms with Crippen molar-refractivity contribution in [2.24, 2.45) is 4.99 Å². The maximum absolute atomic E-state index is 4.86. The van der Waals surface area contributed by atoms with E-state index in [0.29, 0.717) is 6.67 Å². The first-order chi connectivity index (χ1) is 26.2. The van der Waals surface area contributed by atoms with Gasteiger partial charge in [0.05, 0.1) is 17.9 Å². The standard InChI is InChI=1S/C50H41N3/c1-3-14-46(51-4-2)44-22-12-11-21-42(44)38-29-39(43-27-25-37-24-23-35-17-13-18-36-26-28-45(43)49(37)48(35)36)31-41(30-38)50(40-19-9-6-10-20-40)32-47(52-33-53-50)34-15-7-5-8-16-34/h4-32,52-53H,3,33H2,1-2H3/b46-14-,51-4?. The van der Waals surface area contributed by atoms with Crippen molar-refractivity contribution < 1.29 is 0 Å². The molecule has 0 saturated heterocycles. The van der Waals surface area contributed by atoms with E-state index in [0.717, 1.165) is 40.1 Å². The lowest BCUT2D eigenvalue weighted by Gasteiger charge is -2.39. The Morgan fingerprint density at radius 3 is 2.04 bits per heavy atom. The van der Waals surface area contributed by atoms with Crippen LogP contribution in [0.4, 0.5) is 0 Å². The van der Waals surface area contributed by atoms with E-state index >= 15 is 0 Å². The molecule has 1 heterocycles. The molecule has 0 fully saturated rings. The van der Waals surface area contributed by atoms with Crippen molar-refractivity contribution in [2.45, 2.75) is 25.8 Å². The highest BCUT2D eigenvalue weighted by molar-refractivity contribution is 6.25. The van der Waals surface area contributed by atoms with Gasteiger partial charge in [-0.2, -0.15) is 0 Å². The Morgan fingerprint density at radius 1 is 0.623 bits per heavy atom. The summed E-state index contributed by atoms with van der Waals surface area (Å²) in [5.74, 6) is 0. The van der Waals surface area contributed by atoms with Gasteiger partial charge in [0.2, 0.25) is 0 Å². The molecular formula is C50H41N3. The molecule has 0 radical (unpaired) electrons. The summed E-state index contributed by atoms with van der Waals surface area (Å²) in [7, 11) is 0. The Morgan fingerprint density at radius 2 is 1.28 bits per heavy atom. The normalized spacial score (nSPS) is 16.4. The van der Waals surface area contributed by atoms with Gasteiger partial charge in [0.25, 0.3) is 0 Å². The predicted molar refractivity (Wildman–Crippen MR) is 226 cm³/mol. The van der Waals surface area contributed by atoms with Crippen molar-refractivity contribution in [3.63, 3.8) is 0 Å². The second-order valence-electron chi connectivity index (χ2n) is 13.8. The molecule has 1 aliphatic rings. The highest BCUT2D eigenvalue weighted by Gasteiger charge is 2.36. The van der Waals surface area contributed by atoms with Crippen LogP contribution in [-0.2, 0) is 5.54 Å². The first-order valence-electron chi connectivity index (χ1n) is 18.6. The monoisotopic (exact) mass is 683 g/mol. The SMILES string of the molecule is CC=N/C(=C\CC)c1ccccc1-c1cc(-c2ccc3ccc4cccc5ccc2c3c45)cc(C2(c3ccccc3)C=C(c3ccccc3)NCN2)c1. The Labute approximate surface area is 311 Å². The highest BCUT2D eigenvalue weighted by Crippen LogP contribution is 2.44. The van der Waals surface area contributed by atoms with E-state index in [1.54, 1.807) is 0 Å². The van der Waals surface area contributed by atoms with Crippen LogP contribution < -0.4 is 10.6 Å². The molecule has 8 aromatic rings. The van der Waals surface area contributed by atoms with E-state index in [2.05, 4.69) is 187 Å². The van der Waals surface area contributed by atoms with E-state index in [1.807, 2.05) is 13.1 Å². The fourth-order valence-electron chi connectivity index (χ4n) is 8.32. The molecule has 9 rings (SSSR count). The maximum atomic E-state index is 4.86. The molecule has 2 N–H and O–H groups in total. The second kappa shape index (κ2) is 13.7. The number of nitrogens with zero attached hydrogens (tertiary/aromatic N) is 1. The third kappa shape index (κ3) is 5.71. The molecule has 53 heavy (non-hydrogen) atoms. The molecular weight excluding hydrogens is 643 g/mol. The van der Waals surface area contributed by atoms with Gasteiger partial charge in [-0.3, -0.25) is 10.3 Å². The van der Waals surface area contributed by atoms with Crippen LogP contribution >= 0.6 is 0 Å². The minimum atomic E-state index is -0.620. The highest BCUT2D eigenvalue weighted by atomic mass is 15.1. The van der Waals surface area contributed by atoms with Gasteiger partial charge in [-0.1, -0.05) is 153 Å². The van der Waals surface area contributed by atoms with Crippen molar-refractivity contribution in [2.75, 3.05) is 6.67 Å². The summed E-state index contributed by atoms with van der Waals surface area (Å²) in [6.45, 7) is 4.77. The van der Waals surface area contributed by atoms with Gasteiger partial charge in [0, 0.05) is 17.5 Å². The summed E-state index contributed by atoms with van der Waals surface area (Å²) in [5.41, 5.74) is 10.8. The quantitative estimate of drug-likeness (QED) is 0.124. The van der Waals surface area contributed by atoms with Crippen molar-refractivity contribution in [1.29, 1.82) is 0 Å². The Bertz CT molecular complexity index is 2670. The van der Waals surface area contributed by atoms with Gasteiger partial charge in [0.1, 0.15) is 0 Å². The van der Waals surface area contributed by atoms with E-state index in [4.69, 9.17) is 4.99 Å². The molecule has 1 unspecified atom stereocenters. The fourth-order valence-corrected chi connectivity index (χ4v) is 8.32. The van der Waals surface area contributed by atoms with E-state index < -0.39 is 5.54 Å². The smallest absolute Gasteiger partial charge is 0.0914 e. The van der Waals surface area contributed by atoms with Gasteiger partial charge in [0.15, 0.2) is 0 Å². The van der Waals surface area contributed by atoms with E-state index in [9.17, 15) is 0 Å². The molecule has 0 aliphatic carbocycles. The zero-order valence-electron chi connectivity index (χ0n) is 30.1. The molecule has 256 valence electrons. The van der Waals surface area contributed by atoms with Crippen molar-refractivity contribution in [1.82, 2.24) is 10.6 Å². The Kier molecular flexibility index (Phi) is 8.42. The average Bonchev–Trinajstić information content (AvgIpc) is 3.23. The summed E-state index contributed by atoms with van der Waals surface area (Å²) < 4.78 is 0. The third-order valence-corrected chi connectivity index (χ3v) is 10.7. The van der Waals surface area contributed by atoms with Crippen LogP contribution in [0, 0.1) is 0 Å². The molecule has 8 aromatic carbocycles. The number of allylic oxidation sites excluding steroid dienone is 1. The summed E-state index contributed by atoms with van der Waals surface area (Å²) in [4.78, 5) is 4.86. The van der Waals surface area contributed by atoms with Crippen LogP contribution in [0.2, 0.25) is 0 Å². The lowest BCUT2D eigenvalue weighted by atomic mass is 9.78. The number of rotatable bonds is 8. The minimum absolute atomic E-state index is 0.610. The Balaban J connectivity index is 1.36. The molecule has 3 heteroatoms. The first-order valence-corrected chi connectivity index (χ1v) is 18.6. The van der Waals surface area contributed by atoms with E-state index in [1.165, 1.54) is 54.6 Å². The summed E-state index contributed by atoms with van der Waals surface area (Å²) in [6.07, 6.45) is 7.39. The van der Waals surface area contributed by atoms with Crippen LogP contribution in [0.3, 0.4) is 0 Å². The molecule has 0 spiro atoms. The zero-order valence-corrected chi connectivity index (χ0v) is 30.1. The molecule has 0 amide bonds. The van der Waals surface area contributed by atoms with Crippen LogP contribution in [0.5, 0.6) is 0 Å². The minimum Gasteiger partial charge on any atom is -0.372 e. The summed E-state index contributed by atoms with van der Waals surface area (Å²) >= 11 is 0. The third-order valence-electron chi connectivity index (χ3n) is 10.7. The van der Waals surface area contributed by atoms with Gasteiger partial charge in [-0.15, -0.1) is 0 Å². The van der Waals surface area contributed by atoms with Gasteiger partial charge in [-0.05, 0) is 109 Å². The van der Waals surface area contributed by atoms with Crippen molar-refractivity contribution >= 4 is 49.9 Å². The molecule has 0 bridgehead atoms. The molecule has 0 aromatic heterocycles. The number of hydrogen-bond donors (Lipinski definition) is 2. The predicted octanol–water partition coefficient (Wildman–Crippen LogP) is 12.2. The molecule has 3 nitrogen and oxygen atoms in total. The topological polar surface area (TPSA) is 36.4 Å². The van der Waals surface area contributed by atoms with Crippen LogP contribution in [0.25, 0.3) is 66.0 Å². The van der Waals surface area contributed by atoms with Gasteiger partial charge in [-0.25, -0.2) is 0 Å². The van der Waals surface area contributed by atoms with Crippen LogP contribution in [-0.4, -0.2) is 12.9 Å². The lowest BCUT2D eigenvalue weighted by molar-refractivity contribution is 0.460. The van der Waals surface area contributed by atoms with Crippen molar-refractivity contribution in [3.8, 4) is 22.3 Å². The van der Waals surface area contributed by atoms with Crippen LogP contribution in [0.1, 0.15) is 42.5 Å². The molecule has 0 saturated carbocycles. The number of aliphatic imine (C=N–C) groups is 1. The second-order valence-corrected chi connectivity index (χ2v) is 13.8. The number of hydrogen-bond acceptors (Lipinski definition) is 3. The largest absolute Gasteiger partial charge is 0.372 e. The van der Waals surface area contributed by atoms with Gasteiger partial charge >= 0.3 is 0 Å². The average molecular weight is 684 g/mol. The van der Waals surface area contributed by atoms with Gasteiger partial charge < -0.3 is 5.32 Å². The molecule has 1 aliphatic heterocycles. The van der Waals surface area contributed by atoms with Crippen molar-refractivity contribution in [3.05, 3.63) is 192 Å². The summed E-state index contributed by atoms with van der Waals surface area (Å²) in [6, 6.07) is 57.8. The number of nitrogens with one attached hydrogen (secondary N) is 2. The molecule has 1 atom stereocenters. The fraction of sp³-hybridized carbons (Fsp3) is 0.100. The van der Waals surface area contributed by atoms with Crippen LogP contribution in [0.15, 0.2) is 175 Å². The maximum Gasteiger partial charge on any atom is 0.0914 e. The number of benzene rings is 8. The Hall–Kier alpha value is -6.29. The zero-order chi connectivity index (χ0) is 35.8. The first kappa shape index (κ1) is 32.6.